The lowest BCUT2D eigenvalue weighted by Gasteiger charge is -2.05. The topological polar surface area (TPSA) is 24.7 Å². The van der Waals surface area contributed by atoms with Crippen molar-refractivity contribution in [3.8, 4) is 11.1 Å². The summed E-state index contributed by atoms with van der Waals surface area (Å²) in [7, 11) is 0. The van der Waals surface area contributed by atoms with Crippen molar-refractivity contribution in [2.45, 2.75) is 0 Å². The van der Waals surface area contributed by atoms with Crippen LogP contribution in [0.3, 0.4) is 0 Å². The molecule has 0 radical (unpaired) electrons. The second kappa shape index (κ2) is 6.62. The van der Waals surface area contributed by atoms with Crippen LogP contribution in [0.2, 0.25) is 0 Å². The molecule has 0 amide bonds. The average Bonchev–Trinajstić information content (AvgIpc) is 2.57. The molecule has 0 aliphatic carbocycles. The van der Waals surface area contributed by atoms with Gasteiger partial charge in [-0.05, 0) is 35.4 Å². The zero-order valence-electron chi connectivity index (χ0n) is 12.2. The number of hydrogen-bond acceptors (Lipinski definition) is 2. The Morgan fingerprint density at radius 3 is 1.54 bits per heavy atom. The maximum atomic E-state index is 14.1. The standard InChI is InChI=1S/C18H10F4N2/c19-13-7-4-8-14(20)17(13)23-24-18-15(21)9-12(10-16(18)22)11-5-2-1-3-6-11/h1-10H. The summed E-state index contributed by atoms with van der Waals surface area (Å²) >= 11 is 0. The molecule has 3 rings (SSSR count). The molecule has 3 aromatic carbocycles. The molecule has 0 spiro atoms. The van der Waals surface area contributed by atoms with Crippen molar-refractivity contribution in [3.63, 3.8) is 0 Å². The SMILES string of the molecule is Fc1cccc(F)c1N=Nc1c(F)cc(-c2ccccc2)cc1F. The van der Waals surface area contributed by atoms with E-state index < -0.39 is 34.6 Å². The minimum absolute atomic E-state index is 0.321. The van der Waals surface area contributed by atoms with Crippen LogP contribution in [0.15, 0.2) is 70.9 Å². The van der Waals surface area contributed by atoms with Crippen LogP contribution in [0.5, 0.6) is 0 Å². The normalized spacial score (nSPS) is 11.2. The molecule has 0 aliphatic rings. The van der Waals surface area contributed by atoms with Crippen LogP contribution >= 0.6 is 0 Å². The van der Waals surface area contributed by atoms with Gasteiger partial charge in [-0.3, -0.25) is 0 Å². The van der Waals surface area contributed by atoms with E-state index in [1.807, 2.05) is 0 Å². The van der Waals surface area contributed by atoms with Gasteiger partial charge >= 0.3 is 0 Å². The monoisotopic (exact) mass is 330 g/mol. The Balaban J connectivity index is 1.99. The highest BCUT2D eigenvalue weighted by Crippen LogP contribution is 2.31. The van der Waals surface area contributed by atoms with Crippen LogP contribution in [-0.4, -0.2) is 0 Å². The van der Waals surface area contributed by atoms with Crippen LogP contribution in [0.4, 0.5) is 28.9 Å². The van der Waals surface area contributed by atoms with Crippen molar-refractivity contribution in [2.24, 2.45) is 10.2 Å². The van der Waals surface area contributed by atoms with Crippen molar-refractivity contribution in [2.75, 3.05) is 0 Å². The van der Waals surface area contributed by atoms with Gasteiger partial charge in [0.1, 0.15) is 0 Å². The first-order chi connectivity index (χ1) is 11.6. The van der Waals surface area contributed by atoms with E-state index in [2.05, 4.69) is 10.2 Å². The van der Waals surface area contributed by atoms with Gasteiger partial charge in [0, 0.05) is 0 Å². The Kier molecular flexibility index (Phi) is 4.37. The lowest BCUT2D eigenvalue weighted by Crippen LogP contribution is -1.87. The van der Waals surface area contributed by atoms with Crippen LogP contribution in [0, 0.1) is 23.3 Å². The van der Waals surface area contributed by atoms with Gasteiger partial charge in [-0.25, -0.2) is 17.6 Å². The second-order valence-corrected chi connectivity index (χ2v) is 4.92. The molecule has 6 heteroatoms. The van der Waals surface area contributed by atoms with E-state index in [1.54, 1.807) is 30.3 Å². The zero-order chi connectivity index (χ0) is 17.1. The number of rotatable bonds is 3. The van der Waals surface area contributed by atoms with E-state index in [0.717, 1.165) is 30.3 Å². The third kappa shape index (κ3) is 3.17. The number of nitrogens with zero attached hydrogens (tertiary/aromatic N) is 2. The van der Waals surface area contributed by atoms with Gasteiger partial charge in [0.2, 0.25) is 0 Å². The first-order valence-electron chi connectivity index (χ1n) is 6.96. The summed E-state index contributed by atoms with van der Waals surface area (Å²) in [4.78, 5) is 0. The van der Waals surface area contributed by atoms with Gasteiger partial charge in [-0.2, -0.15) is 0 Å². The summed E-state index contributed by atoms with van der Waals surface area (Å²) in [5, 5.41) is 6.62. The van der Waals surface area contributed by atoms with Crippen molar-refractivity contribution < 1.29 is 17.6 Å². The highest BCUT2D eigenvalue weighted by molar-refractivity contribution is 5.66. The van der Waals surface area contributed by atoms with Gasteiger partial charge in [0.25, 0.3) is 0 Å². The molecule has 0 saturated carbocycles. The van der Waals surface area contributed by atoms with E-state index in [-0.39, 0.29) is 0 Å². The minimum atomic E-state index is -0.977. The first-order valence-corrected chi connectivity index (χ1v) is 6.96. The molecule has 2 nitrogen and oxygen atoms in total. The van der Waals surface area contributed by atoms with Crippen LogP contribution in [0.25, 0.3) is 11.1 Å². The van der Waals surface area contributed by atoms with Crippen molar-refractivity contribution in [1.82, 2.24) is 0 Å². The minimum Gasteiger partial charge on any atom is -0.204 e. The van der Waals surface area contributed by atoms with Crippen LogP contribution in [-0.2, 0) is 0 Å². The van der Waals surface area contributed by atoms with E-state index >= 15 is 0 Å². The Bertz CT molecular complexity index is 865. The van der Waals surface area contributed by atoms with E-state index in [4.69, 9.17) is 0 Å². The Hall–Kier alpha value is -3.02. The molecule has 0 N–H and O–H groups in total. The molecular formula is C18H10F4N2. The highest BCUT2D eigenvalue weighted by Gasteiger charge is 2.13. The first kappa shape index (κ1) is 15.9. The molecule has 0 fully saturated rings. The summed E-state index contributed by atoms with van der Waals surface area (Å²) in [5.74, 6) is -3.90. The smallest absolute Gasteiger partial charge is 0.157 e. The third-order valence-corrected chi connectivity index (χ3v) is 3.31. The molecule has 0 bridgehead atoms. The summed E-state index contributed by atoms with van der Waals surface area (Å²) in [6.45, 7) is 0. The number of halogens is 4. The summed E-state index contributed by atoms with van der Waals surface area (Å²) in [5.41, 5.74) is -0.471. The van der Waals surface area contributed by atoms with Crippen molar-refractivity contribution in [3.05, 3.63) is 83.9 Å². The average molecular weight is 330 g/mol. The molecule has 3 aromatic rings. The van der Waals surface area contributed by atoms with E-state index in [0.29, 0.717) is 11.1 Å². The van der Waals surface area contributed by atoms with E-state index in [9.17, 15) is 17.6 Å². The number of hydrogen-bond donors (Lipinski definition) is 0. The van der Waals surface area contributed by atoms with Crippen molar-refractivity contribution in [1.29, 1.82) is 0 Å². The highest BCUT2D eigenvalue weighted by atomic mass is 19.1. The van der Waals surface area contributed by atoms with Gasteiger partial charge in [-0.15, -0.1) is 10.2 Å². The van der Waals surface area contributed by atoms with Gasteiger partial charge in [0.15, 0.2) is 34.6 Å². The van der Waals surface area contributed by atoms with Gasteiger partial charge < -0.3 is 0 Å². The molecule has 24 heavy (non-hydrogen) atoms. The van der Waals surface area contributed by atoms with Gasteiger partial charge in [-0.1, -0.05) is 36.4 Å². The Morgan fingerprint density at radius 1 is 0.500 bits per heavy atom. The maximum Gasteiger partial charge on any atom is 0.157 e. The largest absolute Gasteiger partial charge is 0.204 e. The van der Waals surface area contributed by atoms with Gasteiger partial charge in [0.05, 0.1) is 0 Å². The molecule has 0 heterocycles. The Labute approximate surface area is 135 Å². The van der Waals surface area contributed by atoms with E-state index in [1.165, 1.54) is 0 Å². The molecule has 0 aromatic heterocycles. The Morgan fingerprint density at radius 2 is 1.00 bits per heavy atom. The fraction of sp³-hybridized carbons (Fsp3) is 0. The molecular weight excluding hydrogens is 320 g/mol. The number of benzene rings is 3. The predicted molar refractivity (Wildman–Crippen MR) is 82.3 cm³/mol. The summed E-state index contributed by atoms with van der Waals surface area (Å²) in [6.07, 6.45) is 0. The summed E-state index contributed by atoms with van der Waals surface area (Å²) < 4.78 is 55.2. The van der Waals surface area contributed by atoms with Crippen molar-refractivity contribution >= 4 is 11.4 Å². The quantitative estimate of drug-likeness (QED) is 0.396. The number of azo groups is 1. The predicted octanol–water partition coefficient (Wildman–Crippen LogP) is 6.33. The third-order valence-electron chi connectivity index (χ3n) is 3.31. The molecule has 0 aliphatic heterocycles. The molecule has 0 unspecified atom stereocenters. The maximum absolute atomic E-state index is 14.1. The zero-order valence-corrected chi connectivity index (χ0v) is 12.2. The molecule has 120 valence electrons. The van der Waals surface area contributed by atoms with Crippen LogP contribution < -0.4 is 0 Å². The summed E-state index contributed by atoms with van der Waals surface area (Å²) in [6, 6.07) is 13.9. The molecule has 0 saturated heterocycles. The second-order valence-electron chi connectivity index (χ2n) is 4.92. The fourth-order valence-corrected chi connectivity index (χ4v) is 2.14. The lowest BCUT2D eigenvalue weighted by molar-refractivity contribution is 0.577. The molecule has 0 atom stereocenters. The van der Waals surface area contributed by atoms with Crippen LogP contribution in [0.1, 0.15) is 0 Å². The fourth-order valence-electron chi connectivity index (χ4n) is 2.14. The lowest BCUT2D eigenvalue weighted by atomic mass is 10.1.